The molecule has 0 unspecified atom stereocenters. The molecule has 0 bridgehead atoms. The Hall–Kier alpha value is -1.51. The van der Waals surface area contributed by atoms with Gasteiger partial charge in [0.25, 0.3) is 0 Å². The molecule has 3 nitrogen and oxygen atoms in total. The molecule has 0 aliphatic rings. The zero-order valence-electron chi connectivity index (χ0n) is 13.3. The highest BCUT2D eigenvalue weighted by atomic mass is 16.5. The Labute approximate surface area is 129 Å². The maximum atomic E-state index is 10.3. The molecule has 0 aliphatic carbocycles. The summed E-state index contributed by atoms with van der Waals surface area (Å²) >= 11 is 0. The smallest absolute Gasteiger partial charge is 0.303 e. The molecule has 21 heavy (non-hydrogen) atoms. The van der Waals surface area contributed by atoms with Crippen LogP contribution in [-0.4, -0.2) is 11.1 Å². The molecule has 0 heterocycles. The molecule has 0 aliphatic heterocycles. The minimum absolute atomic E-state index is 0.303. The molecular formula is C18H30O3. The van der Waals surface area contributed by atoms with E-state index in [4.69, 9.17) is 9.84 Å². The summed E-state index contributed by atoms with van der Waals surface area (Å²) < 4.78 is 5.21. The van der Waals surface area contributed by atoms with Crippen LogP contribution in [0.3, 0.4) is 0 Å². The zero-order valence-corrected chi connectivity index (χ0v) is 13.3. The molecule has 0 spiro atoms. The summed E-state index contributed by atoms with van der Waals surface area (Å²) in [7, 11) is 0. The third kappa shape index (κ3) is 18.5. The van der Waals surface area contributed by atoms with E-state index < -0.39 is 5.97 Å². The van der Waals surface area contributed by atoms with Crippen molar-refractivity contribution in [3.05, 3.63) is 36.8 Å². The van der Waals surface area contributed by atoms with Gasteiger partial charge < -0.3 is 9.84 Å². The largest absolute Gasteiger partial charge is 0.481 e. The second kappa shape index (κ2) is 16.5. The van der Waals surface area contributed by atoms with Crippen LogP contribution in [0.5, 0.6) is 0 Å². The van der Waals surface area contributed by atoms with Crippen LogP contribution in [0.2, 0.25) is 0 Å². The number of hydrogen-bond acceptors (Lipinski definition) is 2. The van der Waals surface area contributed by atoms with Crippen LogP contribution in [-0.2, 0) is 9.53 Å². The average Bonchev–Trinajstić information content (AvgIpc) is 2.46. The third-order valence-corrected chi connectivity index (χ3v) is 3.06. The lowest BCUT2D eigenvalue weighted by molar-refractivity contribution is -0.137. The van der Waals surface area contributed by atoms with Crippen LogP contribution in [0, 0.1) is 0 Å². The number of carboxylic acids is 1. The first-order valence-electron chi connectivity index (χ1n) is 8.11. The molecule has 0 radical (unpaired) electrons. The molecule has 120 valence electrons. The highest BCUT2D eigenvalue weighted by molar-refractivity contribution is 5.66. The number of hydrogen-bond donors (Lipinski definition) is 1. The Morgan fingerprint density at radius 3 is 2.38 bits per heavy atom. The van der Waals surface area contributed by atoms with Gasteiger partial charge in [-0.2, -0.15) is 0 Å². The number of ether oxygens (including phenoxy) is 1. The van der Waals surface area contributed by atoms with Gasteiger partial charge in [-0.15, -0.1) is 0 Å². The van der Waals surface area contributed by atoms with E-state index in [1.54, 1.807) is 12.5 Å². The highest BCUT2D eigenvalue weighted by Gasteiger charge is 1.95. The Morgan fingerprint density at radius 2 is 1.62 bits per heavy atom. The maximum Gasteiger partial charge on any atom is 0.303 e. The fraction of sp³-hybridized carbons (Fsp3) is 0.611. The van der Waals surface area contributed by atoms with Gasteiger partial charge >= 0.3 is 5.97 Å². The molecule has 0 aromatic rings. The molecule has 0 atom stereocenters. The van der Waals surface area contributed by atoms with Crippen molar-refractivity contribution in [3.63, 3.8) is 0 Å². The molecule has 0 aromatic heterocycles. The Morgan fingerprint density at radius 1 is 0.905 bits per heavy atom. The minimum atomic E-state index is -0.688. The van der Waals surface area contributed by atoms with Crippen molar-refractivity contribution >= 4 is 5.97 Å². The lowest BCUT2D eigenvalue weighted by Gasteiger charge is -1.97. The Bertz CT molecular complexity index is 316. The number of carbonyl (C=O) groups is 1. The van der Waals surface area contributed by atoms with Gasteiger partial charge in [0.2, 0.25) is 0 Å². The summed E-state index contributed by atoms with van der Waals surface area (Å²) in [6.07, 6.45) is 21.7. The van der Waals surface area contributed by atoms with Gasteiger partial charge in [0.05, 0.1) is 12.5 Å². The van der Waals surface area contributed by atoms with Gasteiger partial charge in [0, 0.05) is 6.42 Å². The van der Waals surface area contributed by atoms with E-state index in [-0.39, 0.29) is 0 Å². The SMILES string of the molecule is CCCCC=COC=CC=CCCCCCCCC(=O)O. The molecule has 3 heteroatoms. The van der Waals surface area contributed by atoms with E-state index in [2.05, 4.69) is 13.0 Å². The predicted octanol–water partition coefficient (Wildman–Crippen LogP) is 5.59. The summed E-state index contributed by atoms with van der Waals surface area (Å²) in [5.74, 6) is -0.688. The summed E-state index contributed by atoms with van der Waals surface area (Å²) in [6, 6.07) is 0. The second-order valence-electron chi connectivity index (χ2n) is 5.11. The number of allylic oxidation sites excluding steroid dienone is 4. The van der Waals surface area contributed by atoms with Gasteiger partial charge in [0.15, 0.2) is 0 Å². The van der Waals surface area contributed by atoms with Crippen molar-refractivity contribution in [2.45, 2.75) is 71.1 Å². The quantitative estimate of drug-likeness (QED) is 0.258. The topological polar surface area (TPSA) is 46.5 Å². The van der Waals surface area contributed by atoms with E-state index >= 15 is 0 Å². The van der Waals surface area contributed by atoms with E-state index in [0.29, 0.717) is 6.42 Å². The first-order chi connectivity index (χ1) is 10.3. The van der Waals surface area contributed by atoms with E-state index in [1.807, 2.05) is 18.2 Å². The standard InChI is InChI=1S/C18H30O3/c1-2-3-4-13-16-21-17-14-11-9-7-5-6-8-10-12-15-18(19)20/h9,11,13-14,16-17H,2-8,10,12,15H2,1H3,(H,19,20). The van der Waals surface area contributed by atoms with Crippen molar-refractivity contribution in [2.24, 2.45) is 0 Å². The molecule has 0 aromatic carbocycles. The molecular weight excluding hydrogens is 264 g/mol. The summed E-state index contributed by atoms with van der Waals surface area (Å²) in [6.45, 7) is 2.18. The molecule has 0 fully saturated rings. The van der Waals surface area contributed by atoms with Crippen LogP contribution in [0.25, 0.3) is 0 Å². The second-order valence-corrected chi connectivity index (χ2v) is 5.11. The van der Waals surface area contributed by atoms with Crippen LogP contribution in [0.1, 0.15) is 71.1 Å². The number of unbranched alkanes of at least 4 members (excludes halogenated alkanes) is 7. The maximum absolute atomic E-state index is 10.3. The van der Waals surface area contributed by atoms with Crippen LogP contribution in [0.15, 0.2) is 36.8 Å². The van der Waals surface area contributed by atoms with Crippen LogP contribution >= 0.6 is 0 Å². The van der Waals surface area contributed by atoms with Crippen molar-refractivity contribution in [2.75, 3.05) is 0 Å². The lowest BCUT2D eigenvalue weighted by Crippen LogP contribution is -1.93. The van der Waals surface area contributed by atoms with Crippen molar-refractivity contribution in [1.29, 1.82) is 0 Å². The monoisotopic (exact) mass is 294 g/mol. The van der Waals surface area contributed by atoms with E-state index in [1.165, 1.54) is 19.3 Å². The van der Waals surface area contributed by atoms with E-state index in [0.717, 1.165) is 38.5 Å². The van der Waals surface area contributed by atoms with E-state index in [9.17, 15) is 4.79 Å². The Balaban J connectivity index is 3.28. The first kappa shape index (κ1) is 19.5. The average molecular weight is 294 g/mol. The normalized spacial score (nSPS) is 11.9. The first-order valence-corrected chi connectivity index (χ1v) is 8.11. The molecule has 0 saturated carbocycles. The van der Waals surface area contributed by atoms with Crippen molar-refractivity contribution < 1.29 is 14.6 Å². The third-order valence-electron chi connectivity index (χ3n) is 3.06. The highest BCUT2D eigenvalue weighted by Crippen LogP contribution is 2.07. The van der Waals surface area contributed by atoms with Gasteiger partial charge in [-0.05, 0) is 44.3 Å². The molecule has 0 saturated heterocycles. The minimum Gasteiger partial charge on any atom is -0.481 e. The van der Waals surface area contributed by atoms with Crippen LogP contribution < -0.4 is 0 Å². The summed E-state index contributed by atoms with van der Waals surface area (Å²) in [5, 5.41) is 8.50. The number of aliphatic carboxylic acids is 1. The van der Waals surface area contributed by atoms with Gasteiger partial charge in [-0.25, -0.2) is 0 Å². The van der Waals surface area contributed by atoms with Crippen molar-refractivity contribution in [3.8, 4) is 0 Å². The summed E-state index contributed by atoms with van der Waals surface area (Å²) in [4.78, 5) is 10.3. The predicted molar refractivity (Wildman–Crippen MR) is 88.0 cm³/mol. The number of rotatable bonds is 14. The fourth-order valence-corrected chi connectivity index (χ4v) is 1.83. The van der Waals surface area contributed by atoms with Gasteiger partial charge in [-0.3, -0.25) is 4.79 Å². The molecule has 0 rings (SSSR count). The number of carboxylic acid groups (broad SMARTS) is 1. The van der Waals surface area contributed by atoms with Crippen LogP contribution in [0.4, 0.5) is 0 Å². The Kier molecular flexibility index (Phi) is 15.4. The van der Waals surface area contributed by atoms with Crippen molar-refractivity contribution in [1.82, 2.24) is 0 Å². The van der Waals surface area contributed by atoms with Gasteiger partial charge in [-0.1, -0.05) is 44.8 Å². The fourth-order valence-electron chi connectivity index (χ4n) is 1.83. The lowest BCUT2D eigenvalue weighted by atomic mass is 10.1. The van der Waals surface area contributed by atoms with Gasteiger partial charge in [0.1, 0.15) is 0 Å². The summed E-state index contributed by atoms with van der Waals surface area (Å²) in [5.41, 5.74) is 0. The molecule has 1 N–H and O–H groups in total. The molecule has 0 amide bonds. The zero-order chi connectivity index (χ0) is 15.6.